The van der Waals surface area contributed by atoms with Gasteiger partial charge in [0.05, 0.1) is 12.2 Å². The molecule has 1 aliphatic carbocycles. The van der Waals surface area contributed by atoms with Crippen LogP contribution in [-0.2, 0) is 4.74 Å². The van der Waals surface area contributed by atoms with Crippen LogP contribution in [0.25, 0.3) is 0 Å². The molecular weight excluding hydrogens is 160 g/mol. The summed E-state index contributed by atoms with van der Waals surface area (Å²) in [5.74, 6) is 0. The molecule has 2 bridgehead atoms. The maximum atomic E-state index is 5.96. The largest absolute Gasteiger partial charge is 0.366 e. The van der Waals surface area contributed by atoms with Crippen LogP contribution in [0.2, 0.25) is 0 Å². The van der Waals surface area contributed by atoms with E-state index in [0.717, 1.165) is 0 Å². The van der Waals surface area contributed by atoms with Crippen LogP contribution in [0.15, 0.2) is 11.1 Å². The van der Waals surface area contributed by atoms with Gasteiger partial charge < -0.3 is 4.74 Å². The van der Waals surface area contributed by atoms with Gasteiger partial charge in [-0.2, -0.15) is 0 Å². The van der Waals surface area contributed by atoms with Crippen molar-refractivity contribution in [3.63, 3.8) is 0 Å². The van der Waals surface area contributed by atoms with Crippen molar-refractivity contribution < 1.29 is 4.74 Å². The third-order valence-corrected chi connectivity index (χ3v) is 3.85. The first kappa shape index (κ1) is 8.05. The smallest absolute Gasteiger partial charge is 0.0797 e. The van der Waals surface area contributed by atoms with E-state index in [-0.39, 0.29) is 0 Å². The lowest BCUT2D eigenvalue weighted by molar-refractivity contribution is 0.110. The fourth-order valence-electron chi connectivity index (χ4n) is 3.19. The highest BCUT2D eigenvalue weighted by Gasteiger charge is 2.39. The van der Waals surface area contributed by atoms with Crippen LogP contribution >= 0.6 is 0 Å². The molecule has 0 aromatic heterocycles. The van der Waals surface area contributed by atoms with E-state index in [2.05, 4.69) is 0 Å². The number of hydrogen-bond acceptors (Lipinski definition) is 1. The minimum atomic E-state index is 0.554. The third kappa shape index (κ3) is 1.25. The molecular formula is C12H18O. The lowest BCUT2D eigenvalue weighted by Crippen LogP contribution is -2.10. The van der Waals surface area contributed by atoms with Crippen LogP contribution in [-0.4, -0.2) is 12.2 Å². The maximum Gasteiger partial charge on any atom is 0.0797 e. The predicted molar refractivity (Wildman–Crippen MR) is 52.6 cm³/mol. The fraction of sp³-hybridized carbons (Fsp3) is 0.833. The summed E-state index contributed by atoms with van der Waals surface area (Å²) < 4.78 is 5.96. The van der Waals surface area contributed by atoms with Crippen molar-refractivity contribution in [2.24, 2.45) is 0 Å². The number of fused-ring (bicyclic) bond motifs is 4. The van der Waals surface area contributed by atoms with E-state index in [9.17, 15) is 0 Å². The van der Waals surface area contributed by atoms with Gasteiger partial charge in [-0.3, -0.25) is 0 Å². The molecule has 13 heavy (non-hydrogen) atoms. The summed E-state index contributed by atoms with van der Waals surface area (Å²) in [4.78, 5) is 0. The van der Waals surface area contributed by atoms with Gasteiger partial charge >= 0.3 is 0 Å². The molecule has 3 rings (SSSR count). The minimum absolute atomic E-state index is 0.554. The van der Waals surface area contributed by atoms with Gasteiger partial charge in [-0.1, -0.05) is 12.8 Å². The molecule has 0 saturated carbocycles. The van der Waals surface area contributed by atoms with Crippen molar-refractivity contribution >= 4 is 0 Å². The summed E-state index contributed by atoms with van der Waals surface area (Å²) in [7, 11) is 0. The zero-order valence-corrected chi connectivity index (χ0v) is 8.22. The molecule has 0 spiro atoms. The zero-order valence-electron chi connectivity index (χ0n) is 8.22. The molecule has 0 amide bonds. The molecule has 0 N–H and O–H groups in total. The van der Waals surface area contributed by atoms with Gasteiger partial charge in [-0.25, -0.2) is 0 Å². The molecule has 0 aromatic rings. The molecule has 1 saturated heterocycles. The average molecular weight is 178 g/mol. The van der Waals surface area contributed by atoms with Crippen molar-refractivity contribution in [1.82, 2.24) is 0 Å². The fourth-order valence-corrected chi connectivity index (χ4v) is 3.19. The van der Waals surface area contributed by atoms with Crippen LogP contribution in [0.5, 0.6) is 0 Å². The molecule has 2 aliphatic heterocycles. The first-order valence-corrected chi connectivity index (χ1v) is 5.82. The predicted octanol–water partition coefficient (Wildman–Crippen LogP) is 3.20. The first-order chi connectivity index (χ1) is 6.45. The molecule has 3 aliphatic rings. The molecule has 0 radical (unpaired) electrons. The van der Waals surface area contributed by atoms with E-state index >= 15 is 0 Å². The van der Waals surface area contributed by atoms with Gasteiger partial charge in [-0.05, 0) is 49.7 Å². The molecule has 2 atom stereocenters. The molecule has 0 aromatic carbocycles. The second-order valence-corrected chi connectivity index (χ2v) is 4.66. The van der Waals surface area contributed by atoms with Gasteiger partial charge in [0, 0.05) is 0 Å². The maximum absolute atomic E-state index is 5.96. The molecule has 2 unspecified atom stereocenters. The average Bonchev–Trinajstić information content (AvgIpc) is 2.62. The highest BCUT2D eigenvalue weighted by molar-refractivity contribution is 5.30. The summed E-state index contributed by atoms with van der Waals surface area (Å²) in [6, 6.07) is 0. The van der Waals surface area contributed by atoms with Gasteiger partial charge in [0.1, 0.15) is 0 Å². The Bertz CT molecular complexity index is 218. The van der Waals surface area contributed by atoms with Crippen LogP contribution in [0, 0.1) is 0 Å². The SMILES string of the molecule is C1CCCC2=C(CC1)C1CCC2O1. The van der Waals surface area contributed by atoms with E-state index in [4.69, 9.17) is 4.74 Å². The standard InChI is InChI=1S/C12H18O/c1-2-4-6-10-9(5-3-1)11-7-8-12(10)13-11/h11-12H,1-8H2. The van der Waals surface area contributed by atoms with Crippen molar-refractivity contribution in [2.45, 2.75) is 63.6 Å². The summed E-state index contributed by atoms with van der Waals surface area (Å²) >= 11 is 0. The topological polar surface area (TPSA) is 9.23 Å². The lowest BCUT2D eigenvalue weighted by atomic mass is 9.84. The Kier molecular flexibility index (Phi) is 1.93. The molecule has 72 valence electrons. The highest BCUT2D eigenvalue weighted by atomic mass is 16.5. The minimum Gasteiger partial charge on any atom is -0.366 e. The van der Waals surface area contributed by atoms with Crippen LogP contribution in [0.4, 0.5) is 0 Å². The summed E-state index contributed by atoms with van der Waals surface area (Å²) in [5.41, 5.74) is 3.44. The van der Waals surface area contributed by atoms with Crippen molar-refractivity contribution in [2.75, 3.05) is 0 Å². The van der Waals surface area contributed by atoms with E-state index < -0.39 is 0 Å². The number of rotatable bonds is 0. The number of ether oxygens (including phenoxy) is 1. The van der Waals surface area contributed by atoms with Gasteiger partial charge in [0.2, 0.25) is 0 Å². The lowest BCUT2D eigenvalue weighted by Gasteiger charge is -2.19. The summed E-state index contributed by atoms with van der Waals surface area (Å²) in [6.45, 7) is 0. The van der Waals surface area contributed by atoms with Gasteiger partial charge in [0.25, 0.3) is 0 Å². The van der Waals surface area contributed by atoms with Crippen LogP contribution in [0.3, 0.4) is 0 Å². The van der Waals surface area contributed by atoms with E-state index in [1.807, 2.05) is 0 Å². The molecule has 1 heteroatoms. The van der Waals surface area contributed by atoms with Gasteiger partial charge in [-0.15, -0.1) is 0 Å². The summed E-state index contributed by atoms with van der Waals surface area (Å²) in [6.07, 6.45) is 12.1. The highest BCUT2D eigenvalue weighted by Crippen LogP contribution is 2.44. The van der Waals surface area contributed by atoms with Gasteiger partial charge in [0.15, 0.2) is 0 Å². The van der Waals surface area contributed by atoms with Crippen molar-refractivity contribution in [1.29, 1.82) is 0 Å². The molecule has 2 heterocycles. The number of hydrogen-bond donors (Lipinski definition) is 0. The van der Waals surface area contributed by atoms with E-state index in [1.54, 1.807) is 11.1 Å². The Morgan fingerprint density at radius 3 is 1.85 bits per heavy atom. The van der Waals surface area contributed by atoms with Crippen molar-refractivity contribution in [3.8, 4) is 0 Å². The third-order valence-electron chi connectivity index (χ3n) is 3.85. The Morgan fingerprint density at radius 1 is 0.769 bits per heavy atom. The Labute approximate surface area is 80.2 Å². The summed E-state index contributed by atoms with van der Waals surface area (Å²) in [5, 5.41) is 0. The Hall–Kier alpha value is -0.300. The van der Waals surface area contributed by atoms with Crippen LogP contribution in [0.1, 0.15) is 51.4 Å². The molecule has 1 nitrogen and oxygen atoms in total. The first-order valence-electron chi connectivity index (χ1n) is 5.82. The van der Waals surface area contributed by atoms with Crippen LogP contribution < -0.4 is 0 Å². The second kappa shape index (κ2) is 3.13. The zero-order chi connectivity index (χ0) is 8.67. The normalized spacial score (nSPS) is 38.8. The quantitative estimate of drug-likeness (QED) is 0.518. The Balaban J connectivity index is 1.88. The second-order valence-electron chi connectivity index (χ2n) is 4.66. The van der Waals surface area contributed by atoms with E-state index in [1.165, 1.54) is 51.4 Å². The Morgan fingerprint density at radius 2 is 1.31 bits per heavy atom. The van der Waals surface area contributed by atoms with E-state index in [0.29, 0.717) is 12.2 Å². The van der Waals surface area contributed by atoms with Crippen molar-refractivity contribution in [3.05, 3.63) is 11.1 Å². The monoisotopic (exact) mass is 178 g/mol. The molecule has 1 fully saturated rings.